The molecule has 5 heteroatoms. The van der Waals surface area contributed by atoms with E-state index in [9.17, 15) is 4.79 Å². The van der Waals surface area contributed by atoms with Gasteiger partial charge in [-0.3, -0.25) is 0 Å². The highest BCUT2D eigenvalue weighted by molar-refractivity contribution is 5.71. The smallest absolute Gasteiger partial charge is 0.328 e. The lowest BCUT2D eigenvalue weighted by molar-refractivity contribution is -0.140. The van der Waals surface area contributed by atoms with E-state index in [1.54, 1.807) is 13.8 Å². The van der Waals surface area contributed by atoms with E-state index in [0.29, 0.717) is 5.82 Å². The quantitative estimate of drug-likeness (QED) is 0.663. The zero-order valence-electron chi connectivity index (χ0n) is 6.35. The van der Waals surface area contributed by atoms with Gasteiger partial charge < -0.3 is 5.11 Å². The Morgan fingerprint density at radius 1 is 1.82 bits per heavy atom. The summed E-state index contributed by atoms with van der Waals surface area (Å²) in [5, 5.41) is 12.4. The molecule has 0 saturated carbocycles. The Labute approximate surface area is 63.7 Å². The minimum Gasteiger partial charge on any atom is -0.480 e. The molecule has 1 aromatic rings. The van der Waals surface area contributed by atoms with Crippen LogP contribution in [0, 0.1) is 6.92 Å². The lowest BCUT2D eigenvalue weighted by atomic mass is 10.4. The summed E-state index contributed by atoms with van der Waals surface area (Å²) < 4.78 is 1.32. The van der Waals surface area contributed by atoms with Crippen molar-refractivity contribution in [3.63, 3.8) is 0 Å². The first-order valence-corrected chi connectivity index (χ1v) is 3.22. The van der Waals surface area contributed by atoms with Crippen molar-refractivity contribution in [1.82, 2.24) is 14.8 Å². The predicted molar refractivity (Wildman–Crippen MR) is 37.1 cm³/mol. The molecule has 11 heavy (non-hydrogen) atoms. The Kier molecular flexibility index (Phi) is 1.89. The second kappa shape index (κ2) is 2.69. The van der Waals surface area contributed by atoms with E-state index in [1.165, 1.54) is 11.0 Å². The standard InChI is InChI=1S/C6H9N3O2/c1-4(6(10)11)9-3-7-5(2)8-9/h3-4H,1-2H3,(H,10,11). The second-order valence-corrected chi connectivity index (χ2v) is 2.29. The molecule has 0 aliphatic heterocycles. The predicted octanol–water partition coefficient (Wildman–Crippen LogP) is 0.232. The van der Waals surface area contributed by atoms with Crippen molar-refractivity contribution in [3.8, 4) is 0 Å². The molecule has 0 amide bonds. The number of nitrogens with zero attached hydrogens (tertiary/aromatic N) is 3. The largest absolute Gasteiger partial charge is 0.480 e. The Morgan fingerprint density at radius 3 is 2.82 bits per heavy atom. The Morgan fingerprint density at radius 2 is 2.45 bits per heavy atom. The molecule has 0 spiro atoms. The van der Waals surface area contributed by atoms with E-state index in [-0.39, 0.29) is 0 Å². The lowest BCUT2D eigenvalue weighted by Gasteiger charge is -2.03. The van der Waals surface area contributed by atoms with Crippen molar-refractivity contribution in [3.05, 3.63) is 12.2 Å². The van der Waals surface area contributed by atoms with Crippen molar-refractivity contribution in [2.75, 3.05) is 0 Å². The van der Waals surface area contributed by atoms with Crippen LogP contribution in [0.5, 0.6) is 0 Å². The van der Waals surface area contributed by atoms with Crippen LogP contribution in [0.1, 0.15) is 18.8 Å². The Hall–Kier alpha value is -1.39. The van der Waals surface area contributed by atoms with Crippen LogP contribution in [0.3, 0.4) is 0 Å². The number of aryl methyl sites for hydroxylation is 1. The van der Waals surface area contributed by atoms with E-state index in [1.807, 2.05) is 0 Å². The van der Waals surface area contributed by atoms with Crippen molar-refractivity contribution in [2.24, 2.45) is 0 Å². The summed E-state index contributed by atoms with van der Waals surface area (Å²) in [5.41, 5.74) is 0. The van der Waals surface area contributed by atoms with E-state index >= 15 is 0 Å². The summed E-state index contributed by atoms with van der Waals surface area (Å²) in [4.78, 5) is 14.2. The van der Waals surface area contributed by atoms with Gasteiger partial charge in [0.25, 0.3) is 0 Å². The van der Waals surface area contributed by atoms with Crippen LogP contribution in [-0.2, 0) is 4.79 Å². The van der Waals surface area contributed by atoms with Crippen LogP contribution in [0.25, 0.3) is 0 Å². The average Bonchev–Trinajstić information content (AvgIpc) is 2.34. The van der Waals surface area contributed by atoms with Crippen molar-refractivity contribution in [2.45, 2.75) is 19.9 Å². The molecule has 0 aromatic carbocycles. The van der Waals surface area contributed by atoms with Crippen molar-refractivity contribution in [1.29, 1.82) is 0 Å². The maximum atomic E-state index is 10.4. The Balaban J connectivity index is 2.84. The normalized spacial score (nSPS) is 12.9. The zero-order chi connectivity index (χ0) is 8.43. The van der Waals surface area contributed by atoms with Gasteiger partial charge in [0.1, 0.15) is 18.2 Å². The van der Waals surface area contributed by atoms with E-state index < -0.39 is 12.0 Å². The Bertz CT molecular complexity index is 269. The molecular weight excluding hydrogens is 146 g/mol. The topological polar surface area (TPSA) is 68.0 Å². The number of rotatable bonds is 2. The van der Waals surface area contributed by atoms with E-state index in [4.69, 9.17) is 5.11 Å². The molecule has 0 aliphatic rings. The first kappa shape index (κ1) is 7.71. The average molecular weight is 155 g/mol. The molecule has 0 bridgehead atoms. The van der Waals surface area contributed by atoms with Gasteiger partial charge in [0, 0.05) is 0 Å². The summed E-state index contributed by atoms with van der Waals surface area (Å²) >= 11 is 0. The highest BCUT2D eigenvalue weighted by Crippen LogP contribution is 2.01. The number of carboxylic acids is 1. The van der Waals surface area contributed by atoms with Crippen LogP contribution < -0.4 is 0 Å². The van der Waals surface area contributed by atoms with Gasteiger partial charge in [0.15, 0.2) is 0 Å². The molecule has 0 radical (unpaired) electrons. The van der Waals surface area contributed by atoms with Gasteiger partial charge in [-0.2, -0.15) is 5.10 Å². The van der Waals surface area contributed by atoms with E-state index in [2.05, 4.69) is 10.1 Å². The van der Waals surface area contributed by atoms with Gasteiger partial charge >= 0.3 is 5.97 Å². The van der Waals surface area contributed by atoms with Crippen LogP contribution >= 0.6 is 0 Å². The molecule has 0 aliphatic carbocycles. The lowest BCUT2D eigenvalue weighted by Crippen LogP contribution is -2.15. The summed E-state index contributed by atoms with van der Waals surface area (Å²) in [6, 6.07) is -0.642. The van der Waals surface area contributed by atoms with Gasteiger partial charge in [-0.1, -0.05) is 0 Å². The molecular formula is C6H9N3O2. The fourth-order valence-corrected chi connectivity index (χ4v) is 0.661. The fraction of sp³-hybridized carbons (Fsp3) is 0.500. The first-order valence-electron chi connectivity index (χ1n) is 3.22. The third-order valence-electron chi connectivity index (χ3n) is 1.38. The number of aliphatic carboxylic acids is 1. The second-order valence-electron chi connectivity index (χ2n) is 2.29. The number of hydrogen-bond donors (Lipinski definition) is 1. The maximum Gasteiger partial charge on any atom is 0.328 e. The zero-order valence-corrected chi connectivity index (χ0v) is 6.35. The summed E-state index contributed by atoms with van der Waals surface area (Å²) in [7, 11) is 0. The summed E-state index contributed by atoms with van der Waals surface area (Å²) in [6.45, 7) is 3.27. The molecule has 60 valence electrons. The molecule has 1 atom stereocenters. The van der Waals surface area contributed by atoms with Crippen LogP contribution in [0.2, 0.25) is 0 Å². The van der Waals surface area contributed by atoms with Crippen LogP contribution in [0.4, 0.5) is 0 Å². The van der Waals surface area contributed by atoms with E-state index in [0.717, 1.165) is 0 Å². The number of hydrogen-bond acceptors (Lipinski definition) is 3. The number of aromatic nitrogens is 3. The minimum atomic E-state index is -0.907. The molecule has 0 saturated heterocycles. The van der Waals surface area contributed by atoms with Gasteiger partial charge in [0.2, 0.25) is 0 Å². The molecule has 1 rings (SSSR count). The van der Waals surface area contributed by atoms with Crippen molar-refractivity contribution < 1.29 is 9.90 Å². The molecule has 1 N–H and O–H groups in total. The third-order valence-corrected chi connectivity index (χ3v) is 1.38. The number of carbonyl (C=O) groups is 1. The third kappa shape index (κ3) is 1.54. The minimum absolute atomic E-state index is 0.582. The summed E-state index contributed by atoms with van der Waals surface area (Å²) in [5.74, 6) is -0.326. The number of carboxylic acid groups (broad SMARTS) is 1. The van der Waals surface area contributed by atoms with Gasteiger partial charge in [-0.25, -0.2) is 14.5 Å². The first-order chi connectivity index (χ1) is 5.11. The maximum absolute atomic E-state index is 10.4. The monoisotopic (exact) mass is 155 g/mol. The van der Waals surface area contributed by atoms with Gasteiger partial charge in [-0.15, -0.1) is 0 Å². The SMILES string of the molecule is Cc1ncn(C(C)C(=O)O)n1. The van der Waals surface area contributed by atoms with Crippen LogP contribution in [0.15, 0.2) is 6.33 Å². The van der Waals surface area contributed by atoms with Crippen molar-refractivity contribution >= 4 is 5.97 Å². The highest BCUT2D eigenvalue weighted by atomic mass is 16.4. The van der Waals surface area contributed by atoms with Crippen LogP contribution in [-0.4, -0.2) is 25.8 Å². The molecule has 1 heterocycles. The molecule has 1 unspecified atom stereocenters. The molecule has 0 fully saturated rings. The van der Waals surface area contributed by atoms with Gasteiger partial charge in [-0.05, 0) is 13.8 Å². The fourth-order valence-electron chi connectivity index (χ4n) is 0.661. The molecule has 1 aromatic heterocycles. The molecule has 5 nitrogen and oxygen atoms in total. The summed E-state index contributed by atoms with van der Waals surface area (Å²) in [6.07, 6.45) is 1.41. The van der Waals surface area contributed by atoms with Gasteiger partial charge in [0.05, 0.1) is 0 Å². The highest BCUT2D eigenvalue weighted by Gasteiger charge is 2.13.